The zero-order valence-corrected chi connectivity index (χ0v) is 12.6. The Morgan fingerprint density at radius 2 is 2.14 bits per heavy atom. The maximum absolute atomic E-state index is 10.3. The van der Waals surface area contributed by atoms with E-state index in [0.29, 0.717) is 6.04 Å². The number of aromatic nitrogens is 1. The second-order valence-electron chi connectivity index (χ2n) is 6.46. The van der Waals surface area contributed by atoms with Crippen molar-refractivity contribution in [3.8, 4) is 11.8 Å². The van der Waals surface area contributed by atoms with Crippen molar-refractivity contribution in [1.29, 1.82) is 0 Å². The Hall–Kier alpha value is -1.37. The van der Waals surface area contributed by atoms with Crippen LogP contribution < -0.4 is 4.90 Å². The van der Waals surface area contributed by atoms with Crippen molar-refractivity contribution in [1.82, 2.24) is 4.98 Å². The fourth-order valence-corrected chi connectivity index (χ4v) is 3.68. The number of nitrogens with one attached hydrogen (secondary N) is 1. The van der Waals surface area contributed by atoms with Gasteiger partial charge in [0.2, 0.25) is 0 Å². The summed E-state index contributed by atoms with van der Waals surface area (Å²) in [5.74, 6) is 6.43. The van der Waals surface area contributed by atoms with Gasteiger partial charge in [0.1, 0.15) is 18.2 Å². The largest absolute Gasteiger partial charge is 0.378 e. The summed E-state index contributed by atoms with van der Waals surface area (Å²) in [6, 6.07) is 4.72. The third-order valence-electron chi connectivity index (χ3n) is 4.89. The van der Waals surface area contributed by atoms with Crippen LogP contribution >= 0.6 is 0 Å². The molecule has 1 aromatic heterocycles. The number of likely N-dealkylation sites (tertiary alicyclic amines) is 1. The lowest BCUT2D eigenvalue weighted by molar-refractivity contribution is -0.930. The molecule has 2 atom stereocenters. The van der Waals surface area contributed by atoms with Crippen molar-refractivity contribution >= 4 is 0 Å². The zero-order valence-electron chi connectivity index (χ0n) is 12.6. The highest BCUT2D eigenvalue weighted by Crippen LogP contribution is 2.28. The van der Waals surface area contributed by atoms with Crippen molar-refractivity contribution in [3.63, 3.8) is 0 Å². The minimum absolute atomic E-state index is 0.514. The molecule has 3 heteroatoms. The van der Waals surface area contributed by atoms with Crippen LogP contribution in [-0.4, -0.2) is 28.8 Å². The van der Waals surface area contributed by atoms with E-state index in [1.807, 2.05) is 18.5 Å². The molecular weight excluding hydrogens is 260 g/mol. The van der Waals surface area contributed by atoms with Gasteiger partial charge < -0.3 is 10.0 Å². The van der Waals surface area contributed by atoms with E-state index >= 15 is 0 Å². The lowest BCUT2D eigenvalue weighted by Gasteiger charge is -2.31. The summed E-state index contributed by atoms with van der Waals surface area (Å²) >= 11 is 0. The number of hydrogen-bond acceptors (Lipinski definition) is 2. The van der Waals surface area contributed by atoms with Gasteiger partial charge in [0.15, 0.2) is 0 Å². The van der Waals surface area contributed by atoms with Crippen LogP contribution in [0, 0.1) is 11.8 Å². The molecule has 2 N–H and O–H groups in total. The van der Waals surface area contributed by atoms with Crippen LogP contribution in [0.3, 0.4) is 0 Å². The summed E-state index contributed by atoms with van der Waals surface area (Å²) in [7, 11) is 0. The first-order valence-electron chi connectivity index (χ1n) is 8.24. The number of aliphatic hydroxyl groups is 1. The SMILES string of the molecule is OC1(C#CC[NH+]2CCCC[C@@H]2c2cccnc2)CCCC1. The van der Waals surface area contributed by atoms with E-state index in [2.05, 4.69) is 22.9 Å². The Bertz CT molecular complexity index is 511. The highest BCUT2D eigenvalue weighted by molar-refractivity contribution is 5.16. The Balaban J connectivity index is 1.66. The summed E-state index contributed by atoms with van der Waals surface area (Å²) in [4.78, 5) is 5.79. The van der Waals surface area contributed by atoms with E-state index < -0.39 is 5.60 Å². The van der Waals surface area contributed by atoms with Crippen LogP contribution in [0.25, 0.3) is 0 Å². The van der Waals surface area contributed by atoms with Gasteiger partial charge in [-0.2, -0.15) is 0 Å². The molecule has 3 rings (SSSR count). The van der Waals surface area contributed by atoms with Gasteiger partial charge in [-0.1, -0.05) is 12.0 Å². The van der Waals surface area contributed by atoms with Gasteiger partial charge in [-0.05, 0) is 50.5 Å². The minimum Gasteiger partial charge on any atom is -0.378 e. The predicted molar refractivity (Wildman–Crippen MR) is 82.7 cm³/mol. The second kappa shape index (κ2) is 6.60. The molecule has 21 heavy (non-hydrogen) atoms. The van der Waals surface area contributed by atoms with Crippen molar-refractivity contribution < 1.29 is 10.0 Å². The predicted octanol–water partition coefficient (Wildman–Crippen LogP) is 1.50. The topological polar surface area (TPSA) is 37.6 Å². The molecule has 1 aliphatic heterocycles. The van der Waals surface area contributed by atoms with Gasteiger partial charge in [-0.25, -0.2) is 0 Å². The standard InChI is InChI=1S/C18H24N2O/c21-18(9-2-3-10-18)11-6-14-20-13-4-1-8-17(20)16-7-5-12-19-15-16/h5,7,12,15,17,21H,1-4,8-10,13-14H2/p+1/t17-/m1/s1. The number of piperidine rings is 1. The number of nitrogens with zero attached hydrogens (tertiary/aromatic N) is 1. The molecule has 0 spiro atoms. The second-order valence-corrected chi connectivity index (χ2v) is 6.46. The summed E-state index contributed by atoms with van der Waals surface area (Å²) in [6.45, 7) is 2.01. The lowest BCUT2D eigenvalue weighted by Crippen LogP contribution is -3.13. The van der Waals surface area contributed by atoms with E-state index in [0.717, 1.165) is 32.2 Å². The third kappa shape index (κ3) is 3.64. The smallest absolute Gasteiger partial charge is 0.139 e. The molecule has 1 aromatic rings. The van der Waals surface area contributed by atoms with E-state index in [1.54, 1.807) is 0 Å². The van der Waals surface area contributed by atoms with Gasteiger partial charge in [0, 0.05) is 24.4 Å². The fraction of sp³-hybridized carbons (Fsp3) is 0.611. The van der Waals surface area contributed by atoms with Crippen LogP contribution in [0.15, 0.2) is 24.5 Å². The normalized spacial score (nSPS) is 27.9. The molecule has 3 nitrogen and oxygen atoms in total. The molecule has 0 aromatic carbocycles. The first-order valence-corrected chi connectivity index (χ1v) is 8.24. The first-order chi connectivity index (χ1) is 10.3. The van der Waals surface area contributed by atoms with Gasteiger partial charge in [-0.3, -0.25) is 4.98 Å². The van der Waals surface area contributed by atoms with Crippen LogP contribution in [0.2, 0.25) is 0 Å². The van der Waals surface area contributed by atoms with Crippen LogP contribution in [0.1, 0.15) is 56.6 Å². The summed E-state index contributed by atoms with van der Waals surface area (Å²) in [5.41, 5.74) is 0.632. The highest BCUT2D eigenvalue weighted by Gasteiger charge is 2.30. The Morgan fingerprint density at radius 3 is 2.90 bits per heavy atom. The van der Waals surface area contributed by atoms with Gasteiger partial charge in [-0.15, -0.1) is 0 Å². The molecule has 1 saturated heterocycles. The molecule has 2 fully saturated rings. The monoisotopic (exact) mass is 285 g/mol. The zero-order chi connectivity index (χ0) is 14.5. The quantitative estimate of drug-likeness (QED) is 0.808. The lowest BCUT2D eigenvalue weighted by atomic mass is 9.96. The number of rotatable bonds is 2. The summed E-state index contributed by atoms with van der Waals surface area (Å²) in [6.07, 6.45) is 11.5. The number of pyridine rings is 1. The van der Waals surface area contributed by atoms with Crippen LogP contribution in [0.4, 0.5) is 0 Å². The molecule has 0 radical (unpaired) electrons. The average Bonchev–Trinajstić information content (AvgIpc) is 2.95. The first kappa shape index (κ1) is 14.6. The van der Waals surface area contributed by atoms with Gasteiger partial charge in [0.25, 0.3) is 0 Å². The van der Waals surface area contributed by atoms with Crippen molar-refractivity contribution in [2.75, 3.05) is 13.1 Å². The Labute approximate surface area is 127 Å². The van der Waals surface area contributed by atoms with E-state index in [1.165, 1.54) is 36.3 Å². The Kier molecular flexibility index (Phi) is 4.57. The summed E-state index contributed by atoms with van der Waals surface area (Å²) < 4.78 is 0. The fourth-order valence-electron chi connectivity index (χ4n) is 3.68. The van der Waals surface area contributed by atoms with Crippen LogP contribution in [0.5, 0.6) is 0 Å². The minimum atomic E-state index is -0.695. The third-order valence-corrected chi connectivity index (χ3v) is 4.89. The van der Waals surface area contributed by atoms with Gasteiger partial charge >= 0.3 is 0 Å². The molecule has 2 heterocycles. The maximum atomic E-state index is 10.3. The molecule has 0 bridgehead atoms. The molecular formula is C18H25N2O+. The van der Waals surface area contributed by atoms with E-state index in [4.69, 9.17) is 0 Å². The van der Waals surface area contributed by atoms with Crippen LogP contribution in [-0.2, 0) is 0 Å². The number of hydrogen-bond donors (Lipinski definition) is 2. The molecule has 1 aliphatic carbocycles. The molecule has 1 saturated carbocycles. The molecule has 2 aliphatic rings. The number of quaternary nitrogens is 1. The highest BCUT2D eigenvalue weighted by atomic mass is 16.3. The molecule has 0 amide bonds. The molecule has 112 valence electrons. The van der Waals surface area contributed by atoms with Crippen molar-refractivity contribution in [3.05, 3.63) is 30.1 Å². The average molecular weight is 285 g/mol. The van der Waals surface area contributed by atoms with Crippen molar-refractivity contribution in [2.45, 2.75) is 56.6 Å². The Morgan fingerprint density at radius 1 is 1.29 bits per heavy atom. The van der Waals surface area contributed by atoms with Gasteiger partial charge in [0.05, 0.1) is 6.54 Å². The van der Waals surface area contributed by atoms with E-state index in [9.17, 15) is 5.11 Å². The van der Waals surface area contributed by atoms with E-state index in [-0.39, 0.29) is 0 Å². The molecule has 1 unspecified atom stereocenters. The van der Waals surface area contributed by atoms with Crippen molar-refractivity contribution in [2.24, 2.45) is 0 Å². The maximum Gasteiger partial charge on any atom is 0.139 e. The summed E-state index contributed by atoms with van der Waals surface area (Å²) in [5, 5.41) is 10.3.